The van der Waals surface area contributed by atoms with Gasteiger partial charge in [-0.3, -0.25) is 24.1 Å². The second-order valence-corrected chi connectivity index (χ2v) is 8.19. The minimum Gasteiger partial charge on any atom is -0.426 e. The Morgan fingerprint density at radius 2 is 1.71 bits per heavy atom. The highest BCUT2D eigenvalue weighted by Crippen LogP contribution is 2.33. The molecule has 0 spiro atoms. The average molecular weight is 441 g/mol. The second-order valence-electron chi connectivity index (χ2n) is 7.78. The monoisotopic (exact) mass is 440 g/mol. The van der Waals surface area contributed by atoms with Crippen LogP contribution >= 0.6 is 11.6 Å². The van der Waals surface area contributed by atoms with Gasteiger partial charge in [-0.15, -0.1) is 0 Å². The quantitative estimate of drug-likeness (QED) is 0.412. The van der Waals surface area contributed by atoms with Gasteiger partial charge < -0.3 is 9.64 Å². The summed E-state index contributed by atoms with van der Waals surface area (Å²) in [6, 6.07) is 10.1. The van der Waals surface area contributed by atoms with Crippen molar-refractivity contribution in [2.75, 3.05) is 16.3 Å². The number of amides is 3. The van der Waals surface area contributed by atoms with Gasteiger partial charge in [0.1, 0.15) is 5.75 Å². The SMILES string of the molecule is Cc1cc(OC(=O)[C@@H]2CC(=O)N(c3cccc(Cl)c3C)C2)ccc1N1C(=O)CCC1=O. The molecule has 2 aromatic carbocycles. The van der Waals surface area contributed by atoms with Gasteiger partial charge in [-0.2, -0.15) is 0 Å². The first kappa shape index (κ1) is 21.1. The molecule has 2 saturated heterocycles. The van der Waals surface area contributed by atoms with E-state index in [1.54, 1.807) is 48.2 Å². The largest absolute Gasteiger partial charge is 0.426 e. The van der Waals surface area contributed by atoms with Gasteiger partial charge in [-0.1, -0.05) is 17.7 Å². The number of nitrogens with zero attached hydrogens (tertiary/aromatic N) is 2. The van der Waals surface area contributed by atoms with Crippen molar-refractivity contribution in [1.29, 1.82) is 0 Å². The normalized spacial score (nSPS) is 18.8. The topological polar surface area (TPSA) is 84.0 Å². The molecule has 2 aliphatic heterocycles. The van der Waals surface area contributed by atoms with Crippen LogP contribution in [0.1, 0.15) is 30.4 Å². The first-order chi connectivity index (χ1) is 14.8. The standard InChI is InChI=1S/C23H21ClN2O5/c1-13-10-16(6-7-18(13)26-20(27)8-9-21(26)28)31-23(30)15-11-22(29)25(12-15)19-5-3-4-17(24)14(19)2/h3-7,10,15H,8-9,11-12H2,1-2H3/t15-/m1/s1. The molecule has 4 rings (SSSR count). The summed E-state index contributed by atoms with van der Waals surface area (Å²) in [6.45, 7) is 3.79. The number of carbonyl (C=O) groups excluding carboxylic acids is 4. The van der Waals surface area contributed by atoms with Gasteiger partial charge in [-0.05, 0) is 55.3 Å². The van der Waals surface area contributed by atoms with Crippen LogP contribution in [0.25, 0.3) is 0 Å². The molecule has 2 heterocycles. The maximum Gasteiger partial charge on any atom is 0.316 e. The number of aryl methyl sites for hydroxylation is 1. The van der Waals surface area contributed by atoms with E-state index in [0.29, 0.717) is 27.7 Å². The third-order valence-electron chi connectivity index (χ3n) is 5.67. The molecule has 31 heavy (non-hydrogen) atoms. The van der Waals surface area contributed by atoms with Gasteiger partial charge >= 0.3 is 5.97 Å². The Hall–Kier alpha value is -3.19. The van der Waals surface area contributed by atoms with Crippen molar-refractivity contribution in [1.82, 2.24) is 0 Å². The van der Waals surface area contributed by atoms with Gasteiger partial charge in [-0.25, -0.2) is 0 Å². The van der Waals surface area contributed by atoms with Crippen molar-refractivity contribution in [3.05, 3.63) is 52.5 Å². The number of halogens is 1. The van der Waals surface area contributed by atoms with E-state index in [1.165, 1.54) is 4.90 Å². The highest BCUT2D eigenvalue weighted by Gasteiger charge is 2.37. The van der Waals surface area contributed by atoms with Crippen LogP contribution in [0.5, 0.6) is 5.75 Å². The Morgan fingerprint density at radius 1 is 1.00 bits per heavy atom. The summed E-state index contributed by atoms with van der Waals surface area (Å²) in [7, 11) is 0. The lowest BCUT2D eigenvalue weighted by molar-refractivity contribution is -0.139. The van der Waals surface area contributed by atoms with Crippen LogP contribution in [0.3, 0.4) is 0 Å². The number of hydrogen-bond donors (Lipinski definition) is 0. The maximum atomic E-state index is 12.7. The Balaban J connectivity index is 1.47. The summed E-state index contributed by atoms with van der Waals surface area (Å²) in [4.78, 5) is 51.9. The average Bonchev–Trinajstić information content (AvgIpc) is 3.27. The molecule has 7 nitrogen and oxygen atoms in total. The van der Waals surface area contributed by atoms with Gasteiger partial charge in [0, 0.05) is 36.5 Å². The fourth-order valence-corrected chi connectivity index (χ4v) is 4.14. The molecule has 2 aromatic rings. The number of carbonyl (C=O) groups is 4. The summed E-state index contributed by atoms with van der Waals surface area (Å²) < 4.78 is 5.50. The predicted molar refractivity (Wildman–Crippen MR) is 115 cm³/mol. The number of ether oxygens (including phenoxy) is 1. The van der Waals surface area contributed by atoms with Crippen LogP contribution < -0.4 is 14.5 Å². The number of benzene rings is 2. The second kappa shape index (κ2) is 8.15. The first-order valence-electron chi connectivity index (χ1n) is 10.00. The molecular formula is C23H21ClN2O5. The molecule has 0 saturated carbocycles. The van der Waals surface area contributed by atoms with Gasteiger partial charge in [0.05, 0.1) is 11.6 Å². The Labute approximate surface area is 184 Å². The molecule has 0 aliphatic carbocycles. The minimum absolute atomic E-state index is 0.0542. The third kappa shape index (κ3) is 3.93. The Morgan fingerprint density at radius 3 is 2.39 bits per heavy atom. The molecule has 2 fully saturated rings. The van der Waals surface area contributed by atoms with Crippen molar-refractivity contribution < 1.29 is 23.9 Å². The van der Waals surface area contributed by atoms with Crippen LogP contribution in [0, 0.1) is 19.8 Å². The number of esters is 1. The van der Waals surface area contributed by atoms with Gasteiger partial charge in [0.25, 0.3) is 0 Å². The lowest BCUT2D eigenvalue weighted by Gasteiger charge is -2.20. The van der Waals surface area contributed by atoms with Crippen molar-refractivity contribution in [3.63, 3.8) is 0 Å². The van der Waals surface area contributed by atoms with E-state index in [1.807, 2.05) is 6.92 Å². The number of anilines is 2. The maximum absolute atomic E-state index is 12.7. The molecule has 8 heteroatoms. The van der Waals surface area contributed by atoms with E-state index < -0.39 is 11.9 Å². The number of hydrogen-bond acceptors (Lipinski definition) is 5. The van der Waals surface area contributed by atoms with Crippen LogP contribution in [-0.4, -0.2) is 30.2 Å². The first-order valence-corrected chi connectivity index (χ1v) is 10.4. The summed E-state index contributed by atoms with van der Waals surface area (Å²) in [5.74, 6) is -1.44. The fraction of sp³-hybridized carbons (Fsp3) is 0.304. The molecular weight excluding hydrogens is 420 g/mol. The molecule has 0 N–H and O–H groups in total. The summed E-state index contributed by atoms with van der Waals surface area (Å²) in [5.41, 5.74) is 2.61. The highest BCUT2D eigenvalue weighted by molar-refractivity contribution is 6.31. The Kier molecular flexibility index (Phi) is 5.54. The zero-order valence-electron chi connectivity index (χ0n) is 17.2. The molecule has 0 radical (unpaired) electrons. The number of rotatable bonds is 4. The number of imide groups is 1. The highest BCUT2D eigenvalue weighted by atomic mass is 35.5. The van der Waals surface area contributed by atoms with E-state index in [-0.39, 0.29) is 43.5 Å². The van der Waals surface area contributed by atoms with Crippen LogP contribution in [0.15, 0.2) is 36.4 Å². The molecule has 0 unspecified atom stereocenters. The summed E-state index contributed by atoms with van der Waals surface area (Å²) in [5, 5.41) is 0.557. The lowest BCUT2D eigenvalue weighted by Crippen LogP contribution is -2.29. The van der Waals surface area contributed by atoms with E-state index in [9.17, 15) is 19.2 Å². The zero-order valence-corrected chi connectivity index (χ0v) is 17.9. The van der Waals surface area contributed by atoms with E-state index >= 15 is 0 Å². The zero-order chi connectivity index (χ0) is 22.3. The molecule has 0 bridgehead atoms. The van der Waals surface area contributed by atoms with Crippen molar-refractivity contribution in [2.45, 2.75) is 33.1 Å². The third-order valence-corrected chi connectivity index (χ3v) is 6.08. The van der Waals surface area contributed by atoms with Crippen molar-refractivity contribution in [2.24, 2.45) is 5.92 Å². The Bertz CT molecular complexity index is 1100. The van der Waals surface area contributed by atoms with Gasteiger partial charge in [0.15, 0.2) is 0 Å². The molecule has 3 amide bonds. The van der Waals surface area contributed by atoms with Crippen molar-refractivity contribution >= 4 is 46.7 Å². The lowest BCUT2D eigenvalue weighted by atomic mass is 10.1. The van der Waals surface area contributed by atoms with Crippen LogP contribution in [-0.2, 0) is 19.2 Å². The molecule has 1 atom stereocenters. The van der Waals surface area contributed by atoms with Crippen LogP contribution in [0.4, 0.5) is 11.4 Å². The molecule has 0 aromatic heterocycles. The van der Waals surface area contributed by atoms with E-state index in [0.717, 1.165) is 5.56 Å². The van der Waals surface area contributed by atoms with Crippen molar-refractivity contribution in [3.8, 4) is 5.75 Å². The van der Waals surface area contributed by atoms with Crippen LogP contribution in [0.2, 0.25) is 5.02 Å². The summed E-state index contributed by atoms with van der Waals surface area (Å²) >= 11 is 6.16. The molecule has 160 valence electrons. The van der Waals surface area contributed by atoms with E-state index in [4.69, 9.17) is 16.3 Å². The summed E-state index contributed by atoms with van der Waals surface area (Å²) in [6.07, 6.45) is 0.458. The molecule has 2 aliphatic rings. The fourth-order valence-electron chi connectivity index (χ4n) is 3.97. The van der Waals surface area contributed by atoms with E-state index in [2.05, 4.69) is 0 Å². The minimum atomic E-state index is -0.604. The predicted octanol–water partition coefficient (Wildman–Crippen LogP) is 3.57. The smallest absolute Gasteiger partial charge is 0.316 e. The van der Waals surface area contributed by atoms with Gasteiger partial charge in [0.2, 0.25) is 17.7 Å².